The summed E-state index contributed by atoms with van der Waals surface area (Å²) in [6.45, 7) is 2.03. The smallest absolute Gasteiger partial charge is 0.235 e. The van der Waals surface area contributed by atoms with Crippen molar-refractivity contribution in [3.63, 3.8) is 0 Å². The van der Waals surface area contributed by atoms with Crippen LogP contribution in [0.25, 0.3) is 0 Å². The van der Waals surface area contributed by atoms with Crippen molar-refractivity contribution in [1.29, 1.82) is 0 Å². The van der Waals surface area contributed by atoms with Crippen molar-refractivity contribution in [2.45, 2.75) is 25.9 Å². The van der Waals surface area contributed by atoms with E-state index in [9.17, 15) is 18.3 Å². The summed E-state index contributed by atoms with van der Waals surface area (Å²) in [4.78, 5) is 11.0. The van der Waals surface area contributed by atoms with Crippen LogP contribution in [0.1, 0.15) is 19.8 Å². The van der Waals surface area contributed by atoms with Crippen LogP contribution in [-0.2, 0) is 14.6 Å². The minimum atomic E-state index is -3.28. The molecule has 0 aromatic rings. The molecule has 0 rings (SSSR count). The van der Waals surface area contributed by atoms with Crippen LogP contribution in [0.15, 0.2) is 0 Å². The molecule has 84 valence electrons. The van der Waals surface area contributed by atoms with E-state index in [0.29, 0.717) is 6.42 Å². The topological polar surface area (TPSA) is 83.5 Å². The Hall–Kier alpha value is -0.620. The van der Waals surface area contributed by atoms with E-state index in [1.54, 1.807) is 0 Å². The molecule has 0 radical (unpaired) electrons. The molecule has 1 unspecified atom stereocenters. The zero-order valence-corrected chi connectivity index (χ0v) is 9.30. The molecule has 0 aliphatic rings. The molecule has 5 nitrogen and oxygen atoms in total. The molecule has 0 aliphatic heterocycles. The van der Waals surface area contributed by atoms with Crippen molar-refractivity contribution >= 4 is 15.7 Å². The Kier molecular flexibility index (Phi) is 5.71. The maximum atomic E-state index is 11.0. The van der Waals surface area contributed by atoms with Crippen molar-refractivity contribution in [2.75, 3.05) is 18.6 Å². The second kappa shape index (κ2) is 5.98. The largest absolute Gasteiger partial charge is 0.391 e. The van der Waals surface area contributed by atoms with Crippen LogP contribution < -0.4 is 5.32 Å². The van der Waals surface area contributed by atoms with Gasteiger partial charge in [-0.1, -0.05) is 13.3 Å². The maximum absolute atomic E-state index is 11.0. The minimum absolute atomic E-state index is 0.113. The van der Waals surface area contributed by atoms with Gasteiger partial charge in [-0.15, -0.1) is 0 Å². The normalized spacial score (nSPS) is 13.6. The Labute approximate surface area is 84.4 Å². The van der Waals surface area contributed by atoms with Gasteiger partial charge in [-0.3, -0.25) is 4.79 Å². The lowest BCUT2D eigenvalue weighted by molar-refractivity contribution is -0.119. The average molecular weight is 223 g/mol. The lowest BCUT2D eigenvalue weighted by Crippen LogP contribution is -2.35. The van der Waals surface area contributed by atoms with Crippen LogP contribution in [0, 0.1) is 0 Å². The summed E-state index contributed by atoms with van der Waals surface area (Å²) in [6.07, 6.45) is 1.82. The molecule has 0 fully saturated rings. The molecular formula is C8H17NO4S. The zero-order chi connectivity index (χ0) is 11.2. The van der Waals surface area contributed by atoms with Crippen molar-refractivity contribution in [2.24, 2.45) is 0 Å². The predicted molar refractivity (Wildman–Crippen MR) is 53.6 cm³/mol. The molecule has 0 aromatic heterocycles. The van der Waals surface area contributed by atoms with Crippen molar-refractivity contribution in [3.05, 3.63) is 0 Å². The fraction of sp³-hybridized carbons (Fsp3) is 0.875. The Balaban J connectivity index is 3.75. The summed E-state index contributed by atoms with van der Waals surface area (Å²) in [5, 5.41) is 11.6. The molecule has 0 heterocycles. The lowest BCUT2D eigenvalue weighted by Gasteiger charge is -2.09. The van der Waals surface area contributed by atoms with Gasteiger partial charge >= 0.3 is 0 Å². The molecule has 0 bridgehead atoms. The van der Waals surface area contributed by atoms with Crippen LogP contribution in [-0.4, -0.2) is 44.1 Å². The van der Waals surface area contributed by atoms with Crippen LogP contribution in [0.4, 0.5) is 0 Å². The van der Waals surface area contributed by atoms with Gasteiger partial charge in [0.2, 0.25) is 5.91 Å². The van der Waals surface area contributed by atoms with E-state index in [1.165, 1.54) is 0 Å². The quantitative estimate of drug-likeness (QED) is 0.624. The SMILES string of the molecule is CCCC(O)CNC(=O)CS(C)(=O)=O. The first-order chi connectivity index (χ1) is 6.35. The van der Waals surface area contributed by atoms with E-state index in [-0.39, 0.29) is 6.54 Å². The van der Waals surface area contributed by atoms with Crippen LogP contribution in [0.5, 0.6) is 0 Å². The summed E-state index contributed by atoms with van der Waals surface area (Å²) >= 11 is 0. The second-order valence-corrected chi connectivity index (χ2v) is 5.46. The average Bonchev–Trinajstić information content (AvgIpc) is 1.98. The molecule has 14 heavy (non-hydrogen) atoms. The third-order valence-corrected chi connectivity index (χ3v) is 2.34. The number of hydrogen-bond donors (Lipinski definition) is 2. The van der Waals surface area contributed by atoms with Gasteiger partial charge in [0.05, 0.1) is 6.10 Å². The van der Waals surface area contributed by atoms with Gasteiger partial charge in [-0.25, -0.2) is 8.42 Å². The molecule has 6 heteroatoms. The van der Waals surface area contributed by atoms with Crippen LogP contribution >= 0.6 is 0 Å². The highest BCUT2D eigenvalue weighted by atomic mass is 32.2. The third kappa shape index (κ3) is 8.00. The number of nitrogens with one attached hydrogen (secondary N) is 1. The van der Waals surface area contributed by atoms with E-state index in [2.05, 4.69) is 5.32 Å². The Bertz CT molecular complexity index is 273. The van der Waals surface area contributed by atoms with Gasteiger partial charge in [0.25, 0.3) is 0 Å². The first-order valence-electron chi connectivity index (χ1n) is 4.47. The summed E-state index contributed by atoms with van der Waals surface area (Å²) in [5.74, 6) is -1.09. The number of amides is 1. The van der Waals surface area contributed by atoms with Crippen LogP contribution in [0.3, 0.4) is 0 Å². The number of carbonyl (C=O) groups excluding carboxylic acids is 1. The molecule has 0 saturated carbocycles. The molecular weight excluding hydrogens is 206 g/mol. The highest BCUT2D eigenvalue weighted by molar-refractivity contribution is 7.91. The number of aliphatic hydroxyl groups excluding tert-OH is 1. The highest BCUT2D eigenvalue weighted by Crippen LogP contribution is 1.93. The first-order valence-corrected chi connectivity index (χ1v) is 6.53. The molecule has 1 amide bonds. The fourth-order valence-electron chi connectivity index (χ4n) is 0.956. The molecule has 0 aliphatic carbocycles. The summed E-state index contributed by atoms with van der Waals surface area (Å²) in [6, 6.07) is 0. The standard InChI is InChI=1S/C8H17NO4S/c1-3-4-7(10)5-9-8(11)6-14(2,12)13/h7,10H,3-6H2,1-2H3,(H,9,11). The van der Waals surface area contributed by atoms with Gasteiger partial charge in [-0.2, -0.15) is 0 Å². The van der Waals surface area contributed by atoms with Crippen molar-refractivity contribution in [1.82, 2.24) is 5.32 Å². The number of carbonyl (C=O) groups is 1. The molecule has 0 aromatic carbocycles. The zero-order valence-electron chi connectivity index (χ0n) is 8.49. The number of sulfone groups is 1. The fourth-order valence-corrected chi connectivity index (χ4v) is 1.53. The Morgan fingerprint density at radius 2 is 2.07 bits per heavy atom. The maximum Gasteiger partial charge on any atom is 0.235 e. The Morgan fingerprint density at radius 1 is 1.50 bits per heavy atom. The van der Waals surface area contributed by atoms with Gasteiger partial charge in [-0.05, 0) is 6.42 Å². The van der Waals surface area contributed by atoms with Gasteiger partial charge in [0, 0.05) is 12.8 Å². The van der Waals surface area contributed by atoms with Crippen molar-refractivity contribution in [3.8, 4) is 0 Å². The van der Waals surface area contributed by atoms with Gasteiger partial charge < -0.3 is 10.4 Å². The minimum Gasteiger partial charge on any atom is -0.391 e. The van der Waals surface area contributed by atoms with Gasteiger partial charge in [0.15, 0.2) is 9.84 Å². The predicted octanol–water partition coefficient (Wildman–Crippen LogP) is -0.692. The monoisotopic (exact) mass is 223 g/mol. The number of hydrogen-bond acceptors (Lipinski definition) is 4. The first kappa shape index (κ1) is 13.4. The third-order valence-electron chi connectivity index (χ3n) is 1.55. The number of rotatable bonds is 6. The second-order valence-electron chi connectivity index (χ2n) is 3.32. The van der Waals surface area contributed by atoms with E-state index in [1.807, 2.05) is 6.92 Å². The van der Waals surface area contributed by atoms with E-state index < -0.39 is 27.6 Å². The van der Waals surface area contributed by atoms with Gasteiger partial charge in [0.1, 0.15) is 5.75 Å². The summed E-state index contributed by atoms with van der Waals surface area (Å²) < 4.78 is 21.4. The highest BCUT2D eigenvalue weighted by Gasteiger charge is 2.11. The molecule has 1 atom stereocenters. The van der Waals surface area contributed by atoms with Crippen molar-refractivity contribution < 1.29 is 18.3 Å². The summed E-state index contributed by atoms with van der Waals surface area (Å²) in [7, 11) is -3.28. The van der Waals surface area contributed by atoms with E-state index in [4.69, 9.17) is 0 Å². The Morgan fingerprint density at radius 3 is 2.50 bits per heavy atom. The van der Waals surface area contributed by atoms with E-state index >= 15 is 0 Å². The van der Waals surface area contributed by atoms with E-state index in [0.717, 1.165) is 12.7 Å². The number of aliphatic hydroxyl groups is 1. The summed E-state index contributed by atoms with van der Waals surface area (Å²) in [5.41, 5.74) is 0. The lowest BCUT2D eigenvalue weighted by atomic mass is 10.2. The molecule has 0 saturated heterocycles. The van der Waals surface area contributed by atoms with Crippen LogP contribution in [0.2, 0.25) is 0 Å². The molecule has 0 spiro atoms. The molecule has 2 N–H and O–H groups in total.